The van der Waals surface area contributed by atoms with Gasteiger partial charge in [0.25, 0.3) is 0 Å². The molecule has 0 spiro atoms. The summed E-state index contributed by atoms with van der Waals surface area (Å²) in [4.78, 5) is 13.4. The largest absolute Gasteiger partial charge is 0.481 e. The van der Waals surface area contributed by atoms with Crippen molar-refractivity contribution in [2.75, 3.05) is 44.2 Å². The van der Waals surface area contributed by atoms with Crippen LogP contribution in [0.3, 0.4) is 0 Å². The topological polar surface area (TPSA) is 86.7 Å². The van der Waals surface area contributed by atoms with Crippen molar-refractivity contribution in [3.8, 4) is 0 Å². The SMILES string of the molecule is O=C(O)C(CN1CCNCC1)C1CCS(=O)(=O)C1. The minimum absolute atomic E-state index is 0.0378. The van der Waals surface area contributed by atoms with Crippen LogP contribution in [0, 0.1) is 11.8 Å². The zero-order valence-electron chi connectivity index (χ0n) is 10.3. The van der Waals surface area contributed by atoms with Gasteiger partial charge >= 0.3 is 5.97 Å². The van der Waals surface area contributed by atoms with E-state index in [4.69, 9.17) is 0 Å². The average Bonchev–Trinajstić information content (AvgIpc) is 2.67. The summed E-state index contributed by atoms with van der Waals surface area (Å²) in [5, 5.41) is 12.5. The first kappa shape index (κ1) is 13.8. The molecule has 2 N–H and O–H groups in total. The average molecular weight is 276 g/mol. The van der Waals surface area contributed by atoms with Crippen LogP contribution in [0.25, 0.3) is 0 Å². The highest BCUT2D eigenvalue weighted by molar-refractivity contribution is 7.91. The molecular formula is C11H20N2O4S. The van der Waals surface area contributed by atoms with Crippen molar-refractivity contribution in [3.63, 3.8) is 0 Å². The van der Waals surface area contributed by atoms with E-state index in [-0.39, 0.29) is 17.4 Å². The van der Waals surface area contributed by atoms with Gasteiger partial charge < -0.3 is 10.4 Å². The van der Waals surface area contributed by atoms with Crippen molar-refractivity contribution in [3.05, 3.63) is 0 Å². The van der Waals surface area contributed by atoms with E-state index in [9.17, 15) is 18.3 Å². The molecule has 2 fully saturated rings. The van der Waals surface area contributed by atoms with Crippen molar-refractivity contribution >= 4 is 15.8 Å². The van der Waals surface area contributed by atoms with Crippen molar-refractivity contribution in [2.45, 2.75) is 6.42 Å². The maximum atomic E-state index is 11.4. The number of hydrogen-bond acceptors (Lipinski definition) is 5. The van der Waals surface area contributed by atoms with Gasteiger partial charge in [0.05, 0.1) is 17.4 Å². The molecule has 0 bridgehead atoms. The Hall–Kier alpha value is -0.660. The summed E-state index contributed by atoms with van der Waals surface area (Å²) in [7, 11) is -3.01. The third-order valence-electron chi connectivity index (χ3n) is 3.82. The predicted octanol–water partition coefficient (Wildman–Crippen LogP) is -0.973. The Morgan fingerprint density at radius 1 is 1.39 bits per heavy atom. The third kappa shape index (κ3) is 3.43. The van der Waals surface area contributed by atoms with E-state index in [0.29, 0.717) is 13.0 Å². The van der Waals surface area contributed by atoms with E-state index >= 15 is 0 Å². The Balaban J connectivity index is 1.98. The fourth-order valence-electron chi connectivity index (χ4n) is 2.74. The number of aliphatic carboxylic acids is 1. The van der Waals surface area contributed by atoms with E-state index in [1.54, 1.807) is 0 Å². The van der Waals surface area contributed by atoms with Crippen LogP contribution in [0.4, 0.5) is 0 Å². The zero-order valence-corrected chi connectivity index (χ0v) is 11.2. The van der Waals surface area contributed by atoms with Gasteiger partial charge in [0.2, 0.25) is 0 Å². The molecule has 2 heterocycles. The lowest BCUT2D eigenvalue weighted by Gasteiger charge is -2.31. The predicted molar refractivity (Wildman–Crippen MR) is 67.2 cm³/mol. The van der Waals surface area contributed by atoms with Gasteiger partial charge in [-0.25, -0.2) is 8.42 Å². The Kier molecular flexibility index (Phi) is 4.24. The second-order valence-corrected chi connectivity index (χ2v) is 7.39. The molecule has 2 aliphatic heterocycles. The third-order valence-corrected chi connectivity index (χ3v) is 5.61. The Labute approximate surface area is 107 Å². The standard InChI is InChI=1S/C11H20N2O4S/c14-11(15)10(7-13-4-2-12-3-5-13)9-1-6-18(16,17)8-9/h9-10,12H,1-8H2,(H,14,15). The van der Waals surface area contributed by atoms with E-state index in [1.807, 2.05) is 0 Å². The summed E-state index contributed by atoms with van der Waals surface area (Å²) >= 11 is 0. The normalized spacial score (nSPS) is 30.1. The van der Waals surface area contributed by atoms with E-state index in [0.717, 1.165) is 26.2 Å². The molecule has 18 heavy (non-hydrogen) atoms. The van der Waals surface area contributed by atoms with Gasteiger partial charge in [-0.3, -0.25) is 9.69 Å². The highest BCUT2D eigenvalue weighted by Crippen LogP contribution is 2.27. The molecule has 0 aromatic heterocycles. The van der Waals surface area contributed by atoms with Crippen LogP contribution >= 0.6 is 0 Å². The Morgan fingerprint density at radius 3 is 2.56 bits per heavy atom. The van der Waals surface area contributed by atoms with E-state index in [2.05, 4.69) is 10.2 Å². The molecule has 0 aromatic rings. The number of sulfone groups is 1. The number of rotatable bonds is 4. The van der Waals surface area contributed by atoms with Crippen LogP contribution in [0.2, 0.25) is 0 Å². The summed E-state index contributed by atoms with van der Waals surface area (Å²) < 4.78 is 22.9. The fraction of sp³-hybridized carbons (Fsp3) is 0.909. The maximum Gasteiger partial charge on any atom is 0.308 e. The van der Waals surface area contributed by atoms with Gasteiger partial charge in [-0.15, -0.1) is 0 Å². The number of nitrogens with zero attached hydrogens (tertiary/aromatic N) is 1. The molecule has 0 saturated carbocycles. The van der Waals surface area contributed by atoms with E-state index < -0.39 is 21.7 Å². The monoisotopic (exact) mass is 276 g/mol. The van der Waals surface area contributed by atoms with Crippen molar-refractivity contribution in [1.82, 2.24) is 10.2 Å². The summed E-state index contributed by atoms with van der Waals surface area (Å²) in [5.41, 5.74) is 0. The van der Waals surface area contributed by atoms with Crippen LogP contribution in [0.1, 0.15) is 6.42 Å². The first-order valence-electron chi connectivity index (χ1n) is 6.34. The lowest BCUT2D eigenvalue weighted by Crippen LogP contribution is -2.47. The van der Waals surface area contributed by atoms with Gasteiger partial charge in [-0.05, 0) is 12.3 Å². The van der Waals surface area contributed by atoms with Gasteiger partial charge in [-0.1, -0.05) is 0 Å². The van der Waals surface area contributed by atoms with Crippen LogP contribution < -0.4 is 5.32 Å². The molecule has 2 atom stereocenters. The highest BCUT2D eigenvalue weighted by atomic mass is 32.2. The first-order valence-corrected chi connectivity index (χ1v) is 8.16. The van der Waals surface area contributed by atoms with Crippen molar-refractivity contribution < 1.29 is 18.3 Å². The second kappa shape index (κ2) is 5.54. The summed E-state index contributed by atoms with van der Waals surface area (Å²) in [6.45, 7) is 3.88. The summed E-state index contributed by atoms with van der Waals surface area (Å²) in [5.74, 6) is -1.46. The molecule has 6 nitrogen and oxygen atoms in total. The molecule has 104 valence electrons. The molecule has 2 unspecified atom stereocenters. The summed E-state index contributed by atoms with van der Waals surface area (Å²) in [6, 6.07) is 0. The first-order chi connectivity index (χ1) is 8.48. The van der Waals surface area contributed by atoms with Gasteiger partial charge in [0.15, 0.2) is 9.84 Å². The molecule has 7 heteroatoms. The molecular weight excluding hydrogens is 256 g/mol. The van der Waals surface area contributed by atoms with Crippen molar-refractivity contribution in [1.29, 1.82) is 0 Å². The highest BCUT2D eigenvalue weighted by Gasteiger charge is 2.38. The molecule has 0 aliphatic carbocycles. The molecule has 0 radical (unpaired) electrons. The Morgan fingerprint density at radius 2 is 2.06 bits per heavy atom. The number of carboxylic acids is 1. The zero-order chi connectivity index (χ0) is 13.2. The molecule has 0 amide bonds. The minimum atomic E-state index is -3.01. The Bertz CT molecular complexity index is 403. The second-order valence-electron chi connectivity index (χ2n) is 5.16. The number of hydrogen-bond donors (Lipinski definition) is 2. The van der Waals surface area contributed by atoms with Gasteiger partial charge in [0.1, 0.15) is 0 Å². The molecule has 2 aliphatic rings. The number of carboxylic acid groups (broad SMARTS) is 1. The molecule has 2 saturated heterocycles. The molecule has 2 rings (SSSR count). The number of piperazine rings is 1. The number of nitrogens with one attached hydrogen (secondary N) is 1. The van der Waals surface area contributed by atoms with Crippen LogP contribution in [-0.2, 0) is 14.6 Å². The van der Waals surface area contributed by atoms with E-state index in [1.165, 1.54) is 0 Å². The minimum Gasteiger partial charge on any atom is -0.481 e. The van der Waals surface area contributed by atoms with Crippen LogP contribution in [0.15, 0.2) is 0 Å². The smallest absolute Gasteiger partial charge is 0.308 e. The molecule has 0 aromatic carbocycles. The fourth-order valence-corrected chi connectivity index (χ4v) is 4.62. The number of carbonyl (C=O) groups is 1. The van der Waals surface area contributed by atoms with Gasteiger partial charge in [0, 0.05) is 32.7 Å². The van der Waals surface area contributed by atoms with Crippen LogP contribution in [-0.4, -0.2) is 68.6 Å². The van der Waals surface area contributed by atoms with Crippen molar-refractivity contribution in [2.24, 2.45) is 11.8 Å². The van der Waals surface area contributed by atoms with Gasteiger partial charge in [-0.2, -0.15) is 0 Å². The lowest BCUT2D eigenvalue weighted by atomic mass is 9.91. The summed E-state index contributed by atoms with van der Waals surface area (Å²) in [6.07, 6.45) is 0.491. The van der Waals surface area contributed by atoms with Crippen LogP contribution in [0.5, 0.6) is 0 Å². The lowest BCUT2D eigenvalue weighted by molar-refractivity contribution is -0.144. The maximum absolute atomic E-state index is 11.4. The quantitative estimate of drug-likeness (QED) is 0.687.